The van der Waals surface area contributed by atoms with E-state index in [0.29, 0.717) is 0 Å². The van der Waals surface area contributed by atoms with Gasteiger partial charge in [-0.3, -0.25) is 0 Å². The highest BCUT2D eigenvalue weighted by Gasteiger charge is 2.20. The van der Waals surface area contributed by atoms with Crippen LogP contribution in [0.15, 0.2) is 11.6 Å². The van der Waals surface area contributed by atoms with E-state index in [1.807, 2.05) is 0 Å². The fourth-order valence-electron chi connectivity index (χ4n) is 1.90. The van der Waals surface area contributed by atoms with Gasteiger partial charge in [-0.1, -0.05) is 27.7 Å². The molecule has 2 N–H and O–H groups in total. The smallest absolute Gasteiger partial charge is 0.0998 e. The van der Waals surface area contributed by atoms with Crippen molar-refractivity contribution in [2.45, 2.75) is 52.0 Å². The van der Waals surface area contributed by atoms with Crippen molar-refractivity contribution in [1.82, 2.24) is 25.7 Å². The lowest BCUT2D eigenvalue weighted by atomic mass is 9.93. The molecule has 0 amide bonds. The summed E-state index contributed by atoms with van der Waals surface area (Å²) in [5, 5.41) is 17.6. The maximum atomic E-state index is 4.76. The van der Waals surface area contributed by atoms with Gasteiger partial charge in [0.1, 0.15) is 0 Å². The standard InChI is InChI=1S/C14H23N5S/c1-5-6-15-10(11-8-16-19-18-11)7-13-17-12(9-20-13)14(2,3)4/h8-10,15H,5-7H2,1-4H3,(H,16,18,19). The average molecular weight is 293 g/mol. The third kappa shape index (κ3) is 3.86. The molecule has 5 nitrogen and oxygen atoms in total. The van der Waals surface area contributed by atoms with Crippen LogP contribution in [0, 0.1) is 0 Å². The Morgan fingerprint density at radius 1 is 1.40 bits per heavy atom. The first-order valence-corrected chi connectivity index (χ1v) is 7.92. The number of nitrogens with zero attached hydrogens (tertiary/aromatic N) is 3. The van der Waals surface area contributed by atoms with Gasteiger partial charge in [0, 0.05) is 17.2 Å². The van der Waals surface area contributed by atoms with Crippen molar-refractivity contribution >= 4 is 11.3 Å². The molecule has 2 aromatic heterocycles. The highest BCUT2D eigenvalue weighted by atomic mass is 32.1. The number of nitrogens with one attached hydrogen (secondary N) is 2. The molecule has 0 bridgehead atoms. The SMILES string of the molecule is CCCNC(Cc1nc(C(C)(C)C)cs1)c1cn[nH]n1. The lowest BCUT2D eigenvalue weighted by Gasteiger charge is -2.16. The minimum atomic E-state index is 0.106. The van der Waals surface area contributed by atoms with Gasteiger partial charge in [0.2, 0.25) is 0 Å². The number of hydrogen-bond donors (Lipinski definition) is 2. The second-order valence-corrected chi connectivity index (χ2v) is 6.92. The van der Waals surface area contributed by atoms with Gasteiger partial charge in [-0.05, 0) is 13.0 Å². The second kappa shape index (κ2) is 6.45. The van der Waals surface area contributed by atoms with Crippen LogP contribution >= 0.6 is 11.3 Å². The monoisotopic (exact) mass is 293 g/mol. The van der Waals surface area contributed by atoms with Crippen LogP contribution in [-0.4, -0.2) is 26.9 Å². The molecule has 0 aromatic carbocycles. The normalized spacial score (nSPS) is 13.6. The lowest BCUT2D eigenvalue weighted by Crippen LogP contribution is -2.24. The van der Waals surface area contributed by atoms with E-state index in [9.17, 15) is 0 Å². The van der Waals surface area contributed by atoms with Crippen molar-refractivity contribution in [3.63, 3.8) is 0 Å². The van der Waals surface area contributed by atoms with E-state index in [0.717, 1.165) is 35.8 Å². The maximum Gasteiger partial charge on any atom is 0.0998 e. The van der Waals surface area contributed by atoms with Gasteiger partial charge in [-0.25, -0.2) is 4.98 Å². The minimum Gasteiger partial charge on any atom is -0.308 e. The summed E-state index contributed by atoms with van der Waals surface area (Å²) in [6.07, 6.45) is 3.73. The summed E-state index contributed by atoms with van der Waals surface area (Å²) in [5.41, 5.74) is 2.22. The Labute approximate surface area is 124 Å². The molecular weight excluding hydrogens is 270 g/mol. The van der Waals surface area contributed by atoms with Crippen molar-refractivity contribution in [2.24, 2.45) is 0 Å². The van der Waals surface area contributed by atoms with Crippen LogP contribution in [0.5, 0.6) is 0 Å². The predicted molar refractivity (Wildman–Crippen MR) is 81.9 cm³/mol. The van der Waals surface area contributed by atoms with E-state index in [-0.39, 0.29) is 11.5 Å². The zero-order chi connectivity index (χ0) is 14.6. The highest BCUT2D eigenvalue weighted by Crippen LogP contribution is 2.26. The summed E-state index contributed by atoms with van der Waals surface area (Å²) in [7, 11) is 0. The van der Waals surface area contributed by atoms with Crippen LogP contribution in [-0.2, 0) is 11.8 Å². The maximum absolute atomic E-state index is 4.76. The van der Waals surface area contributed by atoms with Crippen LogP contribution in [0.4, 0.5) is 0 Å². The molecule has 6 heteroatoms. The first kappa shape index (κ1) is 15.1. The van der Waals surface area contributed by atoms with Crippen molar-refractivity contribution in [1.29, 1.82) is 0 Å². The Morgan fingerprint density at radius 2 is 2.20 bits per heavy atom. The van der Waals surface area contributed by atoms with Gasteiger partial charge < -0.3 is 5.32 Å². The average Bonchev–Trinajstić information content (AvgIpc) is 3.04. The molecule has 2 aromatic rings. The summed E-state index contributed by atoms with van der Waals surface area (Å²) < 4.78 is 0. The molecule has 0 saturated heterocycles. The molecule has 0 spiro atoms. The van der Waals surface area contributed by atoms with Crippen molar-refractivity contribution in [2.75, 3.05) is 6.54 Å². The van der Waals surface area contributed by atoms with Crippen LogP contribution < -0.4 is 5.32 Å². The number of hydrogen-bond acceptors (Lipinski definition) is 5. The molecular formula is C14H23N5S. The van der Waals surface area contributed by atoms with Crippen molar-refractivity contribution in [3.8, 4) is 0 Å². The summed E-state index contributed by atoms with van der Waals surface area (Å²) >= 11 is 1.73. The topological polar surface area (TPSA) is 66.5 Å². The van der Waals surface area contributed by atoms with E-state index >= 15 is 0 Å². The van der Waals surface area contributed by atoms with Crippen LogP contribution in [0.2, 0.25) is 0 Å². The van der Waals surface area contributed by atoms with Gasteiger partial charge >= 0.3 is 0 Å². The van der Waals surface area contributed by atoms with Crippen LogP contribution in [0.3, 0.4) is 0 Å². The zero-order valence-corrected chi connectivity index (χ0v) is 13.4. The summed E-state index contributed by atoms with van der Waals surface area (Å²) in [4.78, 5) is 4.76. The zero-order valence-electron chi connectivity index (χ0n) is 12.6. The van der Waals surface area contributed by atoms with E-state index < -0.39 is 0 Å². The number of H-pyrrole nitrogens is 1. The predicted octanol–water partition coefficient (Wildman–Crippen LogP) is 2.84. The quantitative estimate of drug-likeness (QED) is 0.859. The molecule has 0 radical (unpaired) electrons. The van der Waals surface area contributed by atoms with E-state index in [1.54, 1.807) is 17.5 Å². The largest absolute Gasteiger partial charge is 0.308 e. The Morgan fingerprint density at radius 3 is 2.75 bits per heavy atom. The van der Waals surface area contributed by atoms with Crippen LogP contribution in [0.25, 0.3) is 0 Å². The van der Waals surface area contributed by atoms with Crippen molar-refractivity contribution < 1.29 is 0 Å². The Bertz CT molecular complexity index is 512. The van der Waals surface area contributed by atoms with Crippen LogP contribution in [0.1, 0.15) is 56.6 Å². The number of rotatable bonds is 6. The van der Waals surface area contributed by atoms with E-state index in [4.69, 9.17) is 4.98 Å². The Balaban J connectivity index is 2.09. The first-order chi connectivity index (χ1) is 9.50. The van der Waals surface area contributed by atoms with Crippen molar-refractivity contribution in [3.05, 3.63) is 28.0 Å². The number of aromatic amines is 1. The molecule has 0 aliphatic heterocycles. The molecule has 0 aliphatic rings. The van der Waals surface area contributed by atoms with Gasteiger partial charge in [0.15, 0.2) is 0 Å². The molecule has 1 unspecified atom stereocenters. The van der Waals surface area contributed by atoms with E-state index in [1.165, 1.54) is 0 Å². The molecule has 20 heavy (non-hydrogen) atoms. The molecule has 2 heterocycles. The lowest BCUT2D eigenvalue weighted by molar-refractivity contribution is 0.512. The summed E-state index contributed by atoms with van der Waals surface area (Å²) in [6, 6.07) is 0.174. The molecule has 0 aliphatic carbocycles. The molecule has 0 saturated carbocycles. The summed E-state index contributed by atoms with van der Waals surface area (Å²) in [6.45, 7) is 9.70. The molecule has 110 valence electrons. The number of aromatic nitrogens is 4. The molecule has 1 atom stereocenters. The fourth-order valence-corrected chi connectivity index (χ4v) is 2.97. The Kier molecular flexibility index (Phi) is 4.88. The third-order valence-electron chi connectivity index (χ3n) is 3.13. The third-order valence-corrected chi connectivity index (χ3v) is 4.00. The minimum absolute atomic E-state index is 0.106. The number of thiazole rings is 1. The second-order valence-electron chi connectivity index (χ2n) is 5.98. The fraction of sp³-hybridized carbons (Fsp3) is 0.643. The Hall–Kier alpha value is -1.27. The van der Waals surface area contributed by atoms with Gasteiger partial charge in [0.25, 0.3) is 0 Å². The first-order valence-electron chi connectivity index (χ1n) is 7.04. The molecule has 2 rings (SSSR count). The molecule has 0 fully saturated rings. The van der Waals surface area contributed by atoms with Gasteiger partial charge in [-0.15, -0.1) is 11.3 Å². The van der Waals surface area contributed by atoms with E-state index in [2.05, 4.69) is 53.8 Å². The summed E-state index contributed by atoms with van der Waals surface area (Å²) in [5.74, 6) is 0. The van der Waals surface area contributed by atoms with Gasteiger partial charge in [-0.2, -0.15) is 15.4 Å². The van der Waals surface area contributed by atoms with Gasteiger partial charge in [0.05, 0.1) is 28.6 Å². The highest BCUT2D eigenvalue weighted by molar-refractivity contribution is 7.09.